The number of hydrogen-bond acceptors (Lipinski definition) is 4. The molecule has 1 aromatic carbocycles. The molecule has 0 N–H and O–H groups in total. The first-order chi connectivity index (χ1) is 9.02. The molecule has 0 aliphatic carbocycles. The van der Waals surface area contributed by atoms with E-state index in [1.165, 1.54) is 0 Å². The Hall–Kier alpha value is -1.83. The molecule has 1 heterocycles. The van der Waals surface area contributed by atoms with Crippen molar-refractivity contribution >= 4 is 11.4 Å². The topological polar surface area (TPSA) is 48.1 Å². The maximum absolute atomic E-state index is 8.86. The van der Waals surface area contributed by atoms with Crippen LogP contribution < -0.4 is 9.80 Å². The van der Waals surface area contributed by atoms with Crippen molar-refractivity contribution in [1.82, 2.24) is 9.78 Å². The molecule has 1 aromatic heterocycles. The third-order valence-electron chi connectivity index (χ3n) is 2.82. The van der Waals surface area contributed by atoms with Gasteiger partial charge in [-0.2, -0.15) is 22.5 Å². The Morgan fingerprint density at radius 1 is 1.25 bits per heavy atom. The van der Waals surface area contributed by atoms with Crippen LogP contribution in [-0.2, 0) is 20.1 Å². The maximum atomic E-state index is 8.86. The number of nitrogens with zero attached hydrogens (tertiary/aromatic N) is 5. The zero-order chi connectivity index (χ0) is 14.0. The van der Waals surface area contributed by atoms with Gasteiger partial charge in [0.25, 0.3) is 0 Å². The molecule has 5 nitrogen and oxygen atoms in total. The van der Waals surface area contributed by atoms with Crippen molar-refractivity contribution in [2.24, 2.45) is 0 Å². The van der Waals surface area contributed by atoms with E-state index < -0.39 is 0 Å². The zero-order valence-electron chi connectivity index (χ0n) is 11.9. The smallest absolute Gasteiger partial charge is 0.102 e. The van der Waals surface area contributed by atoms with E-state index in [9.17, 15) is 0 Å². The Balaban J connectivity index is 0.00000200. The first kappa shape index (κ1) is 16.2. The number of benzene rings is 1. The van der Waals surface area contributed by atoms with Gasteiger partial charge < -0.3 is 9.80 Å². The van der Waals surface area contributed by atoms with Crippen molar-refractivity contribution in [1.29, 1.82) is 5.26 Å². The molecule has 107 valence electrons. The van der Waals surface area contributed by atoms with E-state index in [0.29, 0.717) is 5.56 Å². The van der Waals surface area contributed by atoms with Crippen LogP contribution in [0, 0.1) is 17.4 Å². The summed E-state index contributed by atoms with van der Waals surface area (Å²) in [5, 5.41) is 13.1. The van der Waals surface area contributed by atoms with Gasteiger partial charge in [0, 0.05) is 26.3 Å². The maximum Gasteiger partial charge on any atom is 0.102 e. The van der Waals surface area contributed by atoms with Crippen molar-refractivity contribution in [3.63, 3.8) is 0 Å². The number of hydrogen-bond donors (Lipinski definition) is 0. The van der Waals surface area contributed by atoms with Crippen molar-refractivity contribution in [2.45, 2.75) is 0 Å². The largest absolute Gasteiger partial charge is 0.429 e. The van der Waals surface area contributed by atoms with Gasteiger partial charge in [-0.1, -0.05) is 5.69 Å². The first-order valence-corrected chi connectivity index (χ1v) is 5.88. The molecule has 0 bridgehead atoms. The standard InChI is InChI=1S/C14H16N5.Ir/c1-17(2)12-5-6-13(14(7-12)18(3)4)19-10-11(8-15)9-16-19;/h5,7,9-10H,1-4H3;/q-1;. The second-order valence-electron chi connectivity index (χ2n) is 4.67. The molecule has 1 radical (unpaired) electrons. The van der Waals surface area contributed by atoms with Gasteiger partial charge >= 0.3 is 0 Å². The van der Waals surface area contributed by atoms with Crippen LogP contribution in [0.2, 0.25) is 0 Å². The Labute approximate surface area is 132 Å². The van der Waals surface area contributed by atoms with Gasteiger partial charge in [-0.25, -0.2) is 0 Å². The molecule has 2 aromatic rings. The molecule has 0 spiro atoms. The Morgan fingerprint density at radius 3 is 2.45 bits per heavy atom. The average molecular weight is 447 g/mol. The summed E-state index contributed by atoms with van der Waals surface area (Å²) in [4.78, 5) is 4.03. The van der Waals surface area contributed by atoms with E-state index in [2.05, 4.69) is 23.3 Å². The second kappa shape index (κ2) is 6.55. The molecule has 0 amide bonds. The summed E-state index contributed by atoms with van der Waals surface area (Å²) in [5.74, 6) is 0. The number of aromatic nitrogens is 2. The summed E-state index contributed by atoms with van der Waals surface area (Å²) >= 11 is 0. The molecular weight excluding hydrogens is 430 g/mol. The fraction of sp³-hybridized carbons (Fsp3) is 0.286. The SMILES string of the molecule is CN(C)c1c[c-]c(-n2cc(C#N)cn2)c(N(C)C)c1.[Ir]. The summed E-state index contributed by atoms with van der Waals surface area (Å²) < 4.78 is 1.67. The van der Waals surface area contributed by atoms with Gasteiger partial charge in [-0.05, 0) is 39.6 Å². The minimum atomic E-state index is 0. The predicted octanol–water partition coefficient (Wildman–Crippen LogP) is 1.67. The van der Waals surface area contributed by atoms with Gasteiger partial charge in [0.05, 0.1) is 11.8 Å². The van der Waals surface area contributed by atoms with Gasteiger partial charge in [0.15, 0.2) is 0 Å². The van der Waals surface area contributed by atoms with Crippen LogP contribution in [-0.4, -0.2) is 38.0 Å². The molecular formula is C14H16IrN5-. The number of nitriles is 1. The van der Waals surface area contributed by atoms with E-state index in [1.54, 1.807) is 17.1 Å². The van der Waals surface area contributed by atoms with E-state index in [1.807, 2.05) is 44.1 Å². The molecule has 20 heavy (non-hydrogen) atoms. The summed E-state index contributed by atoms with van der Waals surface area (Å²) in [6.07, 6.45) is 3.25. The molecule has 0 atom stereocenters. The van der Waals surface area contributed by atoms with E-state index in [-0.39, 0.29) is 20.1 Å². The summed E-state index contributed by atoms with van der Waals surface area (Å²) in [7, 11) is 7.93. The zero-order valence-corrected chi connectivity index (χ0v) is 14.3. The second-order valence-corrected chi connectivity index (χ2v) is 4.67. The summed E-state index contributed by atoms with van der Waals surface area (Å²) in [6, 6.07) is 9.29. The van der Waals surface area contributed by atoms with Crippen molar-refractivity contribution in [3.8, 4) is 11.8 Å². The molecule has 0 aliphatic heterocycles. The molecule has 0 unspecified atom stereocenters. The van der Waals surface area contributed by atoms with Crippen LogP contribution in [0.3, 0.4) is 0 Å². The molecule has 6 heteroatoms. The minimum Gasteiger partial charge on any atom is -0.429 e. The third kappa shape index (κ3) is 3.19. The quantitative estimate of drug-likeness (QED) is 0.674. The van der Waals surface area contributed by atoms with Crippen LogP contribution in [0.4, 0.5) is 11.4 Å². The third-order valence-corrected chi connectivity index (χ3v) is 2.82. The van der Waals surface area contributed by atoms with Crippen molar-refractivity contribution < 1.29 is 20.1 Å². The first-order valence-electron chi connectivity index (χ1n) is 5.88. The van der Waals surface area contributed by atoms with Crippen LogP contribution >= 0.6 is 0 Å². The Bertz CT molecular complexity index is 625. The minimum absolute atomic E-state index is 0. The molecule has 0 saturated carbocycles. The monoisotopic (exact) mass is 447 g/mol. The van der Waals surface area contributed by atoms with E-state index in [4.69, 9.17) is 5.26 Å². The van der Waals surface area contributed by atoms with Gasteiger partial charge in [0.1, 0.15) is 6.07 Å². The molecule has 0 fully saturated rings. The van der Waals surface area contributed by atoms with Gasteiger partial charge in [-0.3, -0.25) is 4.68 Å². The van der Waals surface area contributed by atoms with Gasteiger partial charge in [-0.15, -0.1) is 6.07 Å². The van der Waals surface area contributed by atoms with E-state index >= 15 is 0 Å². The number of rotatable bonds is 3. The van der Waals surface area contributed by atoms with E-state index in [0.717, 1.165) is 17.1 Å². The van der Waals surface area contributed by atoms with Gasteiger partial charge in [0.2, 0.25) is 0 Å². The van der Waals surface area contributed by atoms with Crippen LogP contribution in [0.5, 0.6) is 0 Å². The van der Waals surface area contributed by atoms with Crippen LogP contribution in [0.1, 0.15) is 5.56 Å². The molecule has 2 rings (SSSR count). The fourth-order valence-electron chi connectivity index (χ4n) is 1.75. The Kier molecular flexibility index (Phi) is 5.32. The average Bonchev–Trinajstić information content (AvgIpc) is 2.86. The Morgan fingerprint density at radius 2 is 1.95 bits per heavy atom. The predicted molar refractivity (Wildman–Crippen MR) is 75.8 cm³/mol. The molecule has 0 aliphatic rings. The summed E-state index contributed by atoms with van der Waals surface area (Å²) in [6.45, 7) is 0. The number of anilines is 2. The summed E-state index contributed by atoms with van der Waals surface area (Å²) in [5.41, 5.74) is 3.44. The van der Waals surface area contributed by atoms with Crippen LogP contribution in [0.25, 0.3) is 5.69 Å². The molecule has 0 saturated heterocycles. The fourth-order valence-corrected chi connectivity index (χ4v) is 1.75. The normalized spacial score (nSPS) is 9.55. The van der Waals surface area contributed by atoms with Crippen molar-refractivity contribution in [3.05, 3.63) is 36.2 Å². The van der Waals surface area contributed by atoms with Crippen LogP contribution in [0.15, 0.2) is 24.5 Å². The van der Waals surface area contributed by atoms with Crippen molar-refractivity contribution in [2.75, 3.05) is 38.0 Å².